The van der Waals surface area contributed by atoms with Crippen molar-refractivity contribution in [3.8, 4) is 11.1 Å². The lowest BCUT2D eigenvalue weighted by atomic mass is 9.78. The highest BCUT2D eigenvalue weighted by atomic mass is 19.1. The topological polar surface area (TPSA) is 128 Å². The predicted molar refractivity (Wildman–Crippen MR) is 126 cm³/mol. The van der Waals surface area contributed by atoms with Gasteiger partial charge in [0.25, 0.3) is 11.8 Å². The van der Waals surface area contributed by atoms with Crippen LogP contribution in [0.5, 0.6) is 0 Å². The summed E-state index contributed by atoms with van der Waals surface area (Å²) >= 11 is 0. The van der Waals surface area contributed by atoms with Gasteiger partial charge < -0.3 is 31.5 Å². The second kappa shape index (κ2) is 10.1. The number of aliphatic hydroxyl groups excluding tert-OH is 2. The lowest BCUT2D eigenvalue weighted by Gasteiger charge is -2.34. The van der Waals surface area contributed by atoms with E-state index in [2.05, 4.69) is 10.6 Å². The molecule has 2 saturated heterocycles. The molecule has 9 heteroatoms. The second-order valence-corrected chi connectivity index (χ2v) is 9.30. The first-order valence-corrected chi connectivity index (χ1v) is 11.6. The highest BCUT2D eigenvalue weighted by Crippen LogP contribution is 2.38. The minimum absolute atomic E-state index is 0.0680. The van der Waals surface area contributed by atoms with Gasteiger partial charge in [-0.2, -0.15) is 0 Å². The van der Waals surface area contributed by atoms with E-state index in [-0.39, 0.29) is 12.0 Å². The maximum absolute atomic E-state index is 13.3. The molecule has 2 heterocycles. The van der Waals surface area contributed by atoms with Crippen LogP contribution in [-0.4, -0.2) is 65.3 Å². The van der Waals surface area contributed by atoms with Gasteiger partial charge in [0.1, 0.15) is 5.82 Å². The number of nitrogens with one attached hydrogen (secondary N) is 2. The third-order valence-electron chi connectivity index (χ3n) is 6.98. The summed E-state index contributed by atoms with van der Waals surface area (Å²) in [6.45, 7) is 3.00. The van der Waals surface area contributed by atoms with Crippen LogP contribution in [-0.2, 0) is 16.1 Å². The summed E-state index contributed by atoms with van der Waals surface area (Å²) in [5, 5.41) is 26.5. The van der Waals surface area contributed by atoms with Gasteiger partial charge in [-0.1, -0.05) is 24.3 Å². The fraction of sp³-hybridized carbons (Fsp3) is 0.440. The molecule has 2 fully saturated rings. The number of rotatable bonds is 6. The van der Waals surface area contributed by atoms with Crippen molar-refractivity contribution in [2.45, 2.75) is 38.0 Å². The van der Waals surface area contributed by atoms with Crippen molar-refractivity contribution in [1.29, 1.82) is 0 Å². The number of nitrogen functional groups attached to an aromatic ring is 1. The number of hydrogen-bond acceptors (Lipinski definition) is 6. The number of piperidine rings is 1. The monoisotopic (exact) mass is 470 g/mol. The zero-order chi connectivity index (χ0) is 24.3. The van der Waals surface area contributed by atoms with Gasteiger partial charge in [-0.3, -0.25) is 9.59 Å². The lowest BCUT2D eigenvalue weighted by Crippen LogP contribution is -2.50. The summed E-state index contributed by atoms with van der Waals surface area (Å²) in [5.74, 6) is -1.84. The highest BCUT2D eigenvalue weighted by molar-refractivity contribution is 5.90. The minimum Gasteiger partial charge on any atom is -0.398 e. The lowest BCUT2D eigenvalue weighted by molar-refractivity contribution is -0.152. The summed E-state index contributed by atoms with van der Waals surface area (Å²) in [6, 6.07) is 11.3. The summed E-state index contributed by atoms with van der Waals surface area (Å²) in [6.07, 6.45) is -0.837. The van der Waals surface area contributed by atoms with E-state index in [4.69, 9.17) is 5.73 Å². The first-order valence-electron chi connectivity index (χ1n) is 11.6. The van der Waals surface area contributed by atoms with Crippen molar-refractivity contribution >= 4 is 17.5 Å². The van der Waals surface area contributed by atoms with Gasteiger partial charge in [0.05, 0.1) is 0 Å². The first-order chi connectivity index (χ1) is 16.3. The number of anilines is 1. The Bertz CT molecular complexity index is 1040. The summed E-state index contributed by atoms with van der Waals surface area (Å²) in [5.41, 5.74) is 8.52. The van der Waals surface area contributed by atoms with Crippen LogP contribution in [0.3, 0.4) is 0 Å². The molecule has 2 aliphatic rings. The third-order valence-corrected chi connectivity index (χ3v) is 6.98. The Hall–Kier alpha value is -3.01. The molecule has 2 aliphatic heterocycles. The van der Waals surface area contributed by atoms with E-state index in [1.54, 1.807) is 35.2 Å². The van der Waals surface area contributed by atoms with Crippen LogP contribution < -0.4 is 16.4 Å². The molecule has 0 aliphatic carbocycles. The number of nitrogens with zero attached hydrogens (tertiary/aromatic N) is 1. The average molecular weight is 471 g/mol. The molecule has 0 unspecified atom stereocenters. The number of carbonyl (C=O) groups excluding carboxylic acids is 2. The standard InChI is InChI=1S/C25H31FN4O4/c26-18-5-6-19(20(27)13-18)17-3-1-16(2-4-17)14-29-23(33)21(31)22(32)24(34)30-12-9-25(15-30)7-10-28-11-8-25/h1-6,13,21-22,28,31-32H,7-12,14-15,27H2,(H,29,33)/t21-,22-/m1/s1. The molecule has 34 heavy (non-hydrogen) atoms. The Labute approximate surface area is 197 Å². The number of benzene rings is 2. The molecule has 0 bridgehead atoms. The van der Waals surface area contributed by atoms with E-state index in [1.807, 2.05) is 0 Å². The van der Waals surface area contributed by atoms with Gasteiger partial charge in [0.2, 0.25) is 0 Å². The number of halogens is 1. The molecule has 2 aromatic carbocycles. The zero-order valence-electron chi connectivity index (χ0n) is 19.0. The molecule has 0 aromatic heterocycles. The van der Waals surface area contributed by atoms with E-state index in [9.17, 15) is 24.2 Å². The molecule has 2 aromatic rings. The molecule has 4 rings (SSSR count). The van der Waals surface area contributed by atoms with Crippen molar-refractivity contribution in [1.82, 2.24) is 15.5 Å². The molecule has 8 nitrogen and oxygen atoms in total. The Morgan fingerprint density at radius 2 is 1.79 bits per heavy atom. The number of hydrogen-bond donors (Lipinski definition) is 5. The van der Waals surface area contributed by atoms with Gasteiger partial charge in [-0.05, 0) is 67.1 Å². The van der Waals surface area contributed by atoms with Crippen molar-refractivity contribution in [2.75, 3.05) is 31.9 Å². The number of nitrogens with two attached hydrogens (primary N) is 1. The van der Waals surface area contributed by atoms with Crippen molar-refractivity contribution in [2.24, 2.45) is 5.41 Å². The molecule has 2 atom stereocenters. The predicted octanol–water partition coefficient (Wildman–Crippen LogP) is 1.01. The smallest absolute Gasteiger partial charge is 0.254 e. The molecule has 0 saturated carbocycles. The molecular formula is C25H31FN4O4. The molecule has 182 valence electrons. The van der Waals surface area contributed by atoms with E-state index in [1.165, 1.54) is 12.1 Å². The van der Waals surface area contributed by atoms with Crippen LogP contribution in [0.25, 0.3) is 11.1 Å². The minimum atomic E-state index is -1.85. The summed E-state index contributed by atoms with van der Waals surface area (Å²) in [4.78, 5) is 26.6. The van der Waals surface area contributed by atoms with Crippen molar-refractivity contribution in [3.63, 3.8) is 0 Å². The largest absolute Gasteiger partial charge is 0.398 e. The fourth-order valence-corrected chi connectivity index (χ4v) is 4.85. The van der Waals surface area contributed by atoms with E-state index in [0.717, 1.165) is 43.5 Å². The van der Waals surface area contributed by atoms with Crippen LogP contribution in [0.15, 0.2) is 42.5 Å². The Balaban J connectivity index is 1.29. The number of carbonyl (C=O) groups is 2. The highest BCUT2D eigenvalue weighted by Gasteiger charge is 2.43. The zero-order valence-corrected chi connectivity index (χ0v) is 19.0. The van der Waals surface area contributed by atoms with Gasteiger partial charge in [-0.15, -0.1) is 0 Å². The Morgan fingerprint density at radius 1 is 1.09 bits per heavy atom. The Kier molecular flexibility index (Phi) is 7.16. The summed E-state index contributed by atoms with van der Waals surface area (Å²) in [7, 11) is 0. The normalized spacial score (nSPS) is 19.1. The van der Waals surface area contributed by atoms with Crippen LogP contribution in [0.4, 0.5) is 10.1 Å². The SMILES string of the molecule is Nc1cc(F)ccc1-c1ccc(CNC(=O)[C@H](O)[C@@H](O)C(=O)N2CCC3(CCNCC3)C2)cc1. The molecule has 0 radical (unpaired) electrons. The van der Waals surface area contributed by atoms with Gasteiger partial charge in [0.15, 0.2) is 12.2 Å². The van der Waals surface area contributed by atoms with Crippen LogP contribution in [0.1, 0.15) is 24.8 Å². The fourth-order valence-electron chi connectivity index (χ4n) is 4.85. The van der Waals surface area contributed by atoms with Crippen molar-refractivity contribution in [3.05, 3.63) is 53.8 Å². The summed E-state index contributed by atoms with van der Waals surface area (Å²) < 4.78 is 13.3. The van der Waals surface area contributed by atoms with E-state index in [0.29, 0.717) is 24.3 Å². The maximum Gasteiger partial charge on any atom is 0.254 e. The van der Waals surface area contributed by atoms with Gasteiger partial charge in [-0.25, -0.2) is 4.39 Å². The molecule has 1 spiro atoms. The second-order valence-electron chi connectivity index (χ2n) is 9.30. The average Bonchev–Trinajstić information content (AvgIpc) is 3.25. The van der Waals surface area contributed by atoms with E-state index < -0.39 is 29.8 Å². The van der Waals surface area contributed by atoms with Crippen LogP contribution in [0, 0.1) is 11.2 Å². The van der Waals surface area contributed by atoms with Gasteiger partial charge in [0, 0.05) is 30.9 Å². The van der Waals surface area contributed by atoms with Crippen molar-refractivity contribution < 1.29 is 24.2 Å². The molecule has 6 N–H and O–H groups in total. The quantitative estimate of drug-likeness (QED) is 0.401. The number of likely N-dealkylation sites (tertiary alicyclic amines) is 1. The van der Waals surface area contributed by atoms with E-state index >= 15 is 0 Å². The van der Waals surface area contributed by atoms with Gasteiger partial charge >= 0.3 is 0 Å². The first kappa shape index (κ1) is 24.1. The molecule has 2 amide bonds. The maximum atomic E-state index is 13.3. The Morgan fingerprint density at radius 3 is 2.47 bits per heavy atom. The van der Waals surface area contributed by atoms with Crippen LogP contribution >= 0.6 is 0 Å². The number of aliphatic hydroxyl groups is 2. The van der Waals surface area contributed by atoms with Crippen LogP contribution in [0.2, 0.25) is 0 Å². The third kappa shape index (κ3) is 5.22. The molecular weight excluding hydrogens is 439 g/mol. The number of amides is 2.